The summed E-state index contributed by atoms with van der Waals surface area (Å²) in [4.78, 5) is 11.5. The fourth-order valence-corrected chi connectivity index (χ4v) is 3.50. The molecule has 0 saturated carbocycles. The summed E-state index contributed by atoms with van der Waals surface area (Å²) in [7, 11) is 0. The van der Waals surface area contributed by atoms with Crippen LogP contribution >= 0.6 is 0 Å². The number of benzene rings is 4. The van der Waals surface area contributed by atoms with Gasteiger partial charge in [-0.2, -0.15) is 0 Å². The molecule has 0 amide bonds. The van der Waals surface area contributed by atoms with E-state index in [1.165, 1.54) is 0 Å². The predicted molar refractivity (Wildman–Crippen MR) is 114 cm³/mol. The molecule has 0 aromatic heterocycles. The lowest BCUT2D eigenvalue weighted by Gasteiger charge is -2.20. The fraction of sp³-hybridized carbons (Fsp3) is 0.0800. The summed E-state index contributed by atoms with van der Waals surface area (Å²) in [6.07, 6.45) is 0.00784. The van der Waals surface area contributed by atoms with Crippen molar-refractivity contribution in [1.82, 2.24) is 0 Å². The molecule has 0 fully saturated rings. The highest BCUT2D eigenvalue weighted by Crippen LogP contribution is 2.30. The Balaban J connectivity index is 1.65. The number of hydrogen-bond acceptors (Lipinski definition) is 2. The van der Waals surface area contributed by atoms with Gasteiger partial charge in [-0.05, 0) is 28.1 Å². The summed E-state index contributed by atoms with van der Waals surface area (Å²) in [6.45, 7) is 0. The second-order valence-electron chi connectivity index (χ2n) is 6.81. The van der Waals surface area contributed by atoms with Gasteiger partial charge in [0.25, 0.3) is 0 Å². The largest absolute Gasteiger partial charge is 0.481 e. The first-order chi connectivity index (χ1) is 13.7. The van der Waals surface area contributed by atoms with Crippen molar-refractivity contribution in [1.29, 1.82) is 0 Å². The van der Waals surface area contributed by atoms with Crippen LogP contribution < -0.4 is 5.32 Å². The van der Waals surface area contributed by atoms with Crippen LogP contribution in [0.2, 0.25) is 0 Å². The maximum absolute atomic E-state index is 11.5. The van der Waals surface area contributed by atoms with Gasteiger partial charge in [0.1, 0.15) is 0 Å². The Morgan fingerprint density at radius 3 is 2.14 bits per heavy atom. The number of rotatable bonds is 6. The first-order valence-corrected chi connectivity index (χ1v) is 9.32. The van der Waals surface area contributed by atoms with Crippen molar-refractivity contribution in [2.75, 3.05) is 5.32 Å². The van der Waals surface area contributed by atoms with Crippen LogP contribution in [0.3, 0.4) is 0 Å². The van der Waals surface area contributed by atoms with Crippen LogP contribution in [0.15, 0.2) is 97.1 Å². The molecule has 4 aromatic rings. The zero-order valence-electron chi connectivity index (χ0n) is 15.4. The monoisotopic (exact) mass is 367 g/mol. The number of nitrogens with one attached hydrogen (secondary N) is 1. The molecule has 2 N–H and O–H groups in total. The Labute approximate surface area is 164 Å². The number of anilines is 1. The molecule has 0 aliphatic rings. The molecule has 138 valence electrons. The van der Waals surface area contributed by atoms with Crippen LogP contribution in [0.25, 0.3) is 21.9 Å². The highest BCUT2D eigenvalue weighted by atomic mass is 16.4. The fourth-order valence-electron chi connectivity index (χ4n) is 3.50. The maximum atomic E-state index is 11.5. The molecule has 0 aliphatic carbocycles. The van der Waals surface area contributed by atoms with Crippen molar-refractivity contribution in [2.24, 2.45) is 0 Å². The van der Waals surface area contributed by atoms with Gasteiger partial charge in [-0.15, -0.1) is 0 Å². The van der Waals surface area contributed by atoms with Gasteiger partial charge in [0.15, 0.2) is 0 Å². The molecule has 0 heterocycles. The summed E-state index contributed by atoms with van der Waals surface area (Å²) in [5, 5.41) is 15.1. The smallest absolute Gasteiger partial charge is 0.305 e. The van der Waals surface area contributed by atoms with Gasteiger partial charge in [-0.3, -0.25) is 4.79 Å². The molecule has 1 unspecified atom stereocenters. The van der Waals surface area contributed by atoms with Gasteiger partial charge in [0, 0.05) is 11.1 Å². The zero-order chi connectivity index (χ0) is 19.3. The molecular formula is C25H21NO2. The van der Waals surface area contributed by atoms with Gasteiger partial charge in [-0.25, -0.2) is 0 Å². The van der Waals surface area contributed by atoms with Crippen molar-refractivity contribution in [2.45, 2.75) is 12.5 Å². The van der Waals surface area contributed by atoms with Crippen molar-refractivity contribution in [3.63, 3.8) is 0 Å². The summed E-state index contributed by atoms with van der Waals surface area (Å²) in [5.74, 6) is -0.829. The first-order valence-electron chi connectivity index (χ1n) is 9.32. The Morgan fingerprint density at radius 2 is 1.39 bits per heavy atom. The molecule has 0 bridgehead atoms. The van der Waals surface area contributed by atoms with E-state index in [1.807, 2.05) is 72.8 Å². The summed E-state index contributed by atoms with van der Waals surface area (Å²) < 4.78 is 0. The zero-order valence-corrected chi connectivity index (χ0v) is 15.4. The second kappa shape index (κ2) is 7.97. The van der Waals surface area contributed by atoms with Crippen molar-refractivity contribution in [3.05, 3.63) is 103 Å². The van der Waals surface area contributed by atoms with E-state index < -0.39 is 5.97 Å². The van der Waals surface area contributed by atoms with Gasteiger partial charge < -0.3 is 10.4 Å². The topological polar surface area (TPSA) is 49.3 Å². The van der Waals surface area contributed by atoms with Crippen LogP contribution in [-0.2, 0) is 4.79 Å². The summed E-state index contributed by atoms with van der Waals surface area (Å²) in [5.41, 5.74) is 4.15. The predicted octanol–water partition coefficient (Wildman–Crippen LogP) is 6.13. The highest BCUT2D eigenvalue weighted by molar-refractivity contribution is 5.94. The minimum absolute atomic E-state index is 0.00784. The van der Waals surface area contributed by atoms with Crippen LogP contribution in [0.1, 0.15) is 18.0 Å². The molecule has 1 atom stereocenters. The summed E-state index contributed by atoms with van der Waals surface area (Å²) >= 11 is 0. The lowest BCUT2D eigenvalue weighted by Crippen LogP contribution is -2.15. The van der Waals surface area contributed by atoms with E-state index in [4.69, 9.17) is 0 Å². The van der Waals surface area contributed by atoms with Crippen LogP contribution in [-0.4, -0.2) is 11.1 Å². The quantitative estimate of drug-likeness (QED) is 0.431. The number of carbonyl (C=O) groups is 1. The minimum Gasteiger partial charge on any atom is -0.481 e. The van der Waals surface area contributed by atoms with E-state index in [-0.39, 0.29) is 12.5 Å². The molecule has 4 aromatic carbocycles. The van der Waals surface area contributed by atoms with Gasteiger partial charge in [0.05, 0.1) is 12.5 Å². The average molecular weight is 367 g/mol. The van der Waals surface area contributed by atoms with Gasteiger partial charge in [-0.1, -0.05) is 91.0 Å². The normalized spacial score (nSPS) is 11.9. The molecule has 0 spiro atoms. The third kappa shape index (κ3) is 3.89. The Bertz CT molecular complexity index is 1080. The molecule has 0 saturated heterocycles. The van der Waals surface area contributed by atoms with E-state index in [9.17, 15) is 9.90 Å². The molecule has 3 heteroatoms. The number of carboxylic acid groups (broad SMARTS) is 1. The van der Waals surface area contributed by atoms with Crippen molar-refractivity contribution >= 4 is 22.4 Å². The Hall–Kier alpha value is -3.59. The average Bonchev–Trinajstić information content (AvgIpc) is 2.74. The number of aliphatic carboxylic acids is 1. The van der Waals surface area contributed by atoms with Crippen LogP contribution in [0.5, 0.6) is 0 Å². The van der Waals surface area contributed by atoms with Crippen LogP contribution in [0.4, 0.5) is 5.69 Å². The number of fused-ring (bicyclic) bond motifs is 1. The van der Waals surface area contributed by atoms with Crippen molar-refractivity contribution < 1.29 is 9.90 Å². The number of hydrogen-bond donors (Lipinski definition) is 2. The molecule has 4 rings (SSSR count). The van der Waals surface area contributed by atoms with Gasteiger partial charge in [0.2, 0.25) is 0 Å². The third-order valence-electron chi connectivity index (χ3n) is 4.92. The standard InChI is InChI=1S/C25H21NO2/c27-25(28)17-24(26-23-12-6-10-20-9-4-5-11-22(20)23)21-15-13-19(14-16-21)18-7-2-1-3-8-18/h1-16,24,26H,17H2,(H,27,28). The lowest BCUT2D eigenvalue weighted by atomic mass is 9.98. The van der Waals surface area contributed by atoms with E-state index >= 15 is 0 Å². The SMILES string of the molecule is O=C(O)CC(Nc1cccc2ccccc12)c1ccc(-c2ccccc2)cc1. The maximum Gasteiger partial charge on any atom is 0.305 e. The van der Waals surface area contributed by atoms with E-state index in [0.29, 0.717) is 0 Å². The number of carboxylic acids is 1. The van der Waals surface area contributed by atoms with E-state index in [1.54, 1.807) is 0 Å². The van der Waals surface area contributed by atoms with E-state index in [2.05, 4.69) is 29.6 Å². The Morgan fingerprint density at radius 1 is 0.750 bits per heavy atom. The molecule has 3 nitrogen and oxygen atoms in total. The minimum atomic E-state index is -0.829. The molecular weight excluding hydrogens is 346 g/mol. The summed E-state index contributed by atoms with van der Waals surface area (Å²) in [6, 6.07) is 32.1. The Kier molecular flexibility index (Phi) is 5.07. The lowest BCUT2D eigenvalue weighted by molar-refractivity contribution is -0.137. The molecule has 0 aliphatic heterocycles. The van der Waals surface area contributed by atoms with Crippen LogP contribution in [0, 0.1) is 0 Å². The highest BCUT2D eigenvalue weighted by Gasteiger charge is 2.16. The van der Waals surface area contributed by atoms with Gasteiger partial charge >= 0.3 is 5.97 Å². The third-order valence-corrected chi connectivity index (χ3v) is 4.92. The second-order valence-corrected chi connectivity index (χ2v) is 6.81. The molecule has 28 heavy (non-hydrogen) atoms. The molecule has 0 radical (unpaired) electrons. The first kappa shape index (κ1) is 17.8. The van der Waals surface area contributed by atoms with Crippen molar-refractivity contribution in [3.8, 4) is 11.1 Å². The van der Waals surface area contributed by atoms with E-state index in [0.717, 1.165) is 33.2 Å².